The lowest BCUT2D eigenvalue weighted by Crippen LogP contribution is -2.28. The highest BCUT2D eigenvalue weighted by atomic mass is 19.3. The summed E-state index contributed by atoms with van der Waals surface area (Å²) in [6.45, 7) is 0. The van der Waals surface area contributed by atoms with Gasteiger partial charge in [0.1, 0.15) is 5.92 Å². The van der Waals surface area contributed by atoms with Crippen molar-refractivity contribution in [2.24, 2.45) is 0 Å². The van der Waals surface area contributed by atoms with E-state index in [1.807, 2.05) is 6.07 Å². The number of alkyl halides is 2. The second-order valence-electron chi connectivity index (χ2n) is 4.12. The highest BCUT2D eigenvalue weighted by molar-refractivity contribution is 5.29. The van der Waals surface area contributed by atoms with Crippen LogP contribution in [0.2, 0.25) is 0 Å². The molecule has 2 aliphatic heterocycles. The molecule has 0 aliphatic carbocycles. The van der Waals surface area contributed by atoms with Crippen molar-refractivity contribution < 1.29 is 13.6 Å². The highest BCUT2D eigenvalue weighted by Crippen LogP contribution is 2.47. The van der Waals surface area contributed by atoms with E-state index >= 15 is 0 Å². The van der Waals surface area contributed by atoms with Crippen LogP contribution in [-0.4, -0.2) is 17.2 Å². The molecule has 0 bridgehead atoms. The van der Waals surface area contributed by atoms with E-state index in [4.69, 9.17) is 0 Å². The van der Waals surface area contributed by atoms with Crippen molar-refractivity contribution in [3.05, 3.63) is 60.3 Å². The summed E-state index contributed by atoms with van der Waals surface area (Å²) < 4.78 is 27.7. The number of fused-ring (bicyclic) bond motifs is 1. The molecular weight excluding hydrogens is 224 g/mol. The topological polar surface area (TPSA) is 12.5 Å². The Kier molecular flexibility index (Phi) is 2.26. The number of halogens is 2. The summed E-state index contributed by atoms with van der Waals surface area (Å²) in [6.07, 6.45) is 3.53. The maximum atomic E-state index is 13.9. The van der Waals surface area contributed by atoms with Crippen LogP contribution in [0.1, 0.15) is 11.5 Å². The van der Waals surface area contributed by atoms with E-state index in [-0.39, 0.29) is 0 Å². The van der Waals surface area contributed by atoms with Crippen molar-refractivity contribution >= 4 is 0 Å². The molecule has 1 aromatic carbocycles. The van der Waals surface area contributed by atoms with Crippen molar-refractivity contribution in [3.8, 4) is 0 Å². The van der Waals surface area contributed by atoms with Crippen LogP contribution < -0.4 is 0 Å². The molecule has 17 heavy (non-hydrogen) atoms. The third-order valence-electron chi connectivity index (χ3n) is 3.04. The average Bonchev–Trinajstić information content (AvgIpc) is 2.60. The number of nitrogens with zero attached hydrogens (tertiary/aromatic N) is 1. The van der Waals surface area contributed by atoms with E-state index in [9.17, 15) is 8.78 Å². The Balaban J connectivity index is 2.02. The molecule has 2 aliphatic rings. The van der Waals surface area contributed by atoms with E-state index in [1.165, 1.54) is 11.3 Å². The van der Waals surface area contributed by atoms with E-state index in [2.05, 4.69) is 4.84 Å². The number of hydroxylamine groups is 2. The van der Waals surface area contributed by atoms with Gasteiger partial charge in [0.2, 0.25) is 0 Å². The Morgan fingerprint density at radius 1 is 1.12 bits per heavy atom. The fraction of sp³-hybridized carbons (Fsp3) is 0.231. The molecule has 2 unspecified atom stereocenters. The Morgan fingerprint density at radius 3 is 2.65 bits per heavy atom. The van der Waals surface area contributed by atoms with Crippen LogP contribution in [0, 0.1) is 0 Å². The van der Waals surface area contributed by atoms with Crippen molar-refractivity contribution in [3.63, 3.8) is 0 Å². The van der Waals surface area contributed by atoms with E-state index < -0.39 is 18.1 Å². The van der Waals surface area contributed by atoms with Gasteiger partial charge in [-0.1, -0.05) is 42.5 Å². The van der Waals surface area contributed by atoms with Crippen molar-refractivity contribution in [2.75, 3.05) is 0 Å². The molecule has 0 saturated carbocycles. The predicted octanol–water partition coefficient (Wildman–Crippen LogP) is 3.06. The molecule has 2 nitrogen and oxygen atoms in total. The van der Waals surface area contributed by atoms with Gasteiger partial charge in [0, 0.05) is 6.20 Å². The molecule has 3 rings (SSSR count). The minimum Gasteiger partial charge on any atom is -0.247 e. The quantitative estimate of drug-likeness (QED) is 0.741. The minimum atomic E-state index is -3.18. The Bertz CT molecular complexity index is 470. The average molecular weight is 235 g/mol. The summed E-state index contributed by atoms with van der Waals surface area (Å²) >= 11 is 0. The van der Waals surface area contributed by atoms with Crippen LogP contribution in [0.3, 0.4) is 0 Å². The Labute approximate surface area is 97.8 Å². The normalized spacial score (nSPS) is 29.4. The van der Waals surface area contributed by atoms with Gasteiger partial charge in [-0.2, -0.15) is 8.78 Å². The summed E-state index contributed by atoms with van der Waals surface area (Å²) in [6, 6.07) is 8.30. The van der Waals surface area contributed by atoms with Gasteiger partial charge in [-0.05, 0) is 11.6 Å². The summed E-state index contributed by atoms with van der Waals surface area (Å²) in [7, 11) is 0. The molecule has 4 heteroatoms. The van der Waals surface area contributed by atoms with E-state index in [0.29, 0.717) is 5.56 Å². The monoisotopic (exact) mass is 235 g/mol. The van der Waals surface area contributed by atoms with Crippen LogP contribution in [0.4, 0.5) is 8.78 Å². The van der Waals surface area contributed by atoms with Gasteiger partial charge in [-0.25, -0.2) is 9.90 Å². The SMILES string of the molecule is FC1(F)ON2C=CC=CC2C1c1ccccc1. The van der Waals surface area contributed by atoms with Gasteiger partial charge in [-0.15, -0.1) is 0 Å². The fourth-order valence-corrected chi connectivity index (χ4v) is 2.29. The number of allylic oxidation sites excluding steroid dienone is 2. The largest absolute Gasteiger partial charge is 0.384 e. The number of hydrogen-bond acceptors (Lipinski definition) is 2. The zero-order valence-electron chi connectivity index (χ0n) is 8.96. The van der Waals surface area contributed by atoms with Gasteiger partial charge >= 0.3 is 6.11 Å². The third-order valence-corrected chi connectivity index (χ3v) is 3.04. The zero-order valence-corrected chi connectivity index (χ0v) is 8.96. The van der Waals surface area contributed by atoms with Crippen LogP contribution >= 0.6 is 0 Å². The first-order valence-electron chi connectivity index (χ1n) is 5.44. The standard InChI is InChI=1S/C13H11F2NO/c14-13(15)12(10-6-2-1-3-7-10)11-8-4-5-9-16(11)17-13/h1-9,11-12H. The van der Waals surface area contributed by atoms with Crippen LogP contribution in [0.5, 0.6) is 0 Å². The highest BCUT2D eigenvalue weighted by Gasteiger charge is 2.56. The smallest absolute Gasteiger partial charge is 0.247 e. The maximum Gasteiger partial charge on any atom is 0.384 e. The summed E-state index contributed by atoms with van der Waals surface area (Å²) in [5, 5.41) is 1.22. The molecule has 1 saturated heterocycles. The second-order valence-corrected chi connectivity index (χ2v) is 4.12. The molecule has 2 atom stereocenters. The third kappa shape index (κ3) is 1.65. The first-order chi connectivity index (χ1) is 8.18. The summed E-state index contributed by atoms with van der Waals surface area (Å²) in [5.41, 5.74) is 0.588. The van der Waals surface area contributed by atoms with Gasteiger partial charge < -0.3 is 0 Å². The lowest BCUT2D eigenvalue weighted by atomic mass is 9.90. The Morgan fingerprint density at radius 2 is 1.88 bits per heavy atom. The molecule has 0 amide bonds. The molecule has 1 aromatic rings. The van der Waals surface area contributed by atoms with Crippen LogP contribution in [0.25, 0.3) is 0 Å². The lowest BCUT2D eigenvalue weighted by molar-refractivity contribution is -0.297. The first kappa shape index (κ1) is 10.5. The number of rotatable bonds is 1. The second kappa shape index (κ2) is 3.67. The molecule has 0 N–H and O–H groups in total. The molecule has 2 heterocycles. The van der Waals surface area contributed by atoms with Gasteiger partial charge in [-0.3, -0.25) is 0 Å². The lowest BCUT2D eigenvalue weighted by Gasteiger charge is -2.22. The van der Waals surface area contributed by atoms with E-state index in [0.717, 1.165) is 0 Å². The zero-order chi connectivity index (χ0) is 11.9. The molecular formula is C13H11F2NO. The molecule has 88 valence electrons. The van der Waals surface area contributed by atoms with Crippen LogP contribution in [-0.2, 0) is 4.84 Å². The van der Waals surface area contributed by atoms with Gasteiger partial charge in [0.25, 0.3) is 0 Å². The van der Waals surface area contributed by atoms with Crippen molar-refractivity contribution in [1.29, 1.82) is 0 Å². The van der Waals surface area contributed by atoms with Crippen LogP contribution in [0.15, 0.2) is 54.8 Å². The minimum absolute atomic E-state index is 0.447. The molecule has 0 spiro atoms. The predicted molar refractivity (Wildman–Crippen MR) is 59.1 cm³/mol. The van der Waals surface area contributed by atoms with Gasteiger partial charge in [0.15, 0.2) is 0 Å². The maximum absolute atomic E-state index is 13.9. The van der Waals surface area contributed by atoms with Gasteiger partial charge in [0.05, 0.1) is 6.04 Å². The number of hydrogen-bond donors (Lipinski definition) is 0. The van der Waals surface area contributed by atoms with Crippen molar-refractivity contribution in [1.82, 2.24) is 5.06 Å². The molecule has 1 fully saturated rings. The number of benzene rings is 1. The molecule has 0 radical (unpaired) electrons. The Hall–Kier alpha value is -1.68. The first-order valence-corrected chi connectivity index (χ1v) is 5.44. The van der Waals surface area contributed by atoms with E-state index in [1.54, 1.807) is 42.5 Å². The van der Waals surface area contributed by atoms with Crippen molar-refractivity contribution in [2.45, 2.75) is 18.1 Å². The fourth-order valence-electron chi connectivity index (χ4n) is 2.29. The summed E-state index contributed by atoms with van der Waals surface area (Å²) in [4.78, 5) is 4.68. The molecule has 0 aromatic heterocycles. The summed E-state index contributed by atoms with van der Waals surface area (Å²) in [5.74, 6) is -0.968.